The first kappa shape index (κ1) is 15.5. The van der Waals surface area contributed by atoms with E-state index in [1.807, 2.05) is 11.0 Å². The highest BCUT2D eigenvalue weighted by Gasteiger charge is 2.34. The van der Waals surface area contributed by atoms with Gasteiger partial charge < -0.3 is 22.1 Å². The number of amides is 6. The number of urea groups is 2. The molecule has 0 saturated carbocycles. The van der Waals surface area contributed by atoms with E-state index in [0.717, 1.165) is 0 Å². The molecule has 8 N–H and O–H groups in total. The van der Waals surface area contributed by atoms with E-state index in [0.29, 0.717) is 0 Å². The first-order valence-corrected chi connectivity index (χ1v) is 5.35. The molecule has 6 amide bonds. The Morgan fingerprint density at radius 3 is 1.60 bits per heavy atom. The maximum atomic E-state index is 11.6. The Hall–Kier alpha value is -2.60. The van der Waals surface area contributed by atoms with Crippen LogP contribution in [-0.4, -0.2) is 49.2 Å². The lowest BCUT2D eigenvalue weighted by molar-refractivity contribution is -0.141. The van der Waals surface area contributed by atoms with E-state index in [1.165, 1.54) is 0 Å². The fourth-order valence-electron chi connectivity index (χ4n) is 1.30. The van der Waals surface area contributed by atoms with E-state index in [2.05, 4.69) is 20.3 Å². The normalized spacial score (nSPS) is 21.6. The molecule has 1 saturated heterocycles. The number of nitrogens with one attached hydrogen (secondary N) is 4. The van der Waals surface area contributed by atoms with Gasteiger partial charge in [-0.25, -0.2) is 20.5 Å². The van der Waals surface area contributed by atoms with Gasteiger partial charge in [-0.15, -0.1) is 0 Å². The van der Waals surface area contributed by atoms with Gasteiger partial charge in [0.25, 0.3) is 0 Å². The van der Waals surface area contributed by atoms with Crippen LogP contribution in [0.3, 0.4) is 0 Å². The van der Waals surface area contributed by atoms with Crippen molar-refractivity contribution in [3.8, 4) is 0 Å². The maximum absolute atomic E-state index is 11.6. The van der Waals surface area contributed by atoms with Crippen molar-refractivity contribution in [1.82, 2.24) is 21.6 Å². The molecule has 12 heteroatoms. The number of nitrogens with two attached hydrogens (primary N) is 2. The first-order valence-electron chi connectivity index (χ1n) is 5.35. The molecule has 0 bridgehead atoms. The summed E-state index contributed by atoms with van der Waals surface area (Å²) >= 11 is 0. The third-order valence-corrected chi connectivity index (χ3v) is 2.11. The van der Waals surface area contributed by atoms with Gasteiger partial charge in [0.1, 0.15) is 25.3 Å². The predicted molar refractivity (Wildman–Crippen MR) is 61.2 cm³/mol. The Balaban J connectivity index is 2.37. The highest BCUT2D eigenvalue weighted by atomic mass is 16.7. The number of hydrogen-bond acceptors (Lipinski definition) is 6. The minimum Gasteiger partial charge on any atom is -0.350 e. The van der Waals surface area contributed by atoms with Crippen LogP contribution in [0, 0.1) is 0 Å². The Kier molecular flexibility index (Phi) is 5.49. The van der Waals surface area contributed by atoms with Crippen molar-refractivity contribution in [2.24, 2.45) is 11.5 Å². The minimum atomic E-state index is -0.991. The van der Waals surface area contributed by atoms with Gasteiger partial charge in [0, 0.05) is 0 Å². The average Bonchev–Trinajstić information content (AvgIpc) is 2.33. The van der Waals surface area contributed by atoms with Gasteiger partial charge in [-0.05, 0) is 0 Å². The summed E-state index contributed by atoms with van der Waals surface area (Å²) in [4.78, 5) is 53.1. The summed E-state index contributed by atoms with van der Waals surface area (Å²) in [7, 11) is 0. The number of hydrogen-bond donors (Lipinski definition) is 6. The second kappa shape index (κ2) is 7.10. The van der Waals surface area contributed by atoms with Crippen LogP contribution in [0.15, 0.2) is 0 Å². The van der Waals surface area contributed by atoms with Crippen LogP contribution in [0.1, 0.15) is 0 Å². The van der Waals surface area contributed by atoms with Crippen LogP contribution >= 0.6 is 0 Å². The molecule has 0 unspecified atom stereocenters. The van der Waals surface area contributed by atoms with E-state index in [4.69, 9.17) is 11.5 Å². The van der Waals surface area contributed by atoms with Gasteiger partial charge >= 0.3 is 12.1 Å². The fourth-order valence-corrected chi connectivity index (χ4v) is 1.30. The number of primary amides is 2. The molecule has 1 fully saturated rings. The molecule has 20 heavy (non-hydrogen) atoms. The quantitative estimate of drug-likeness (QED) is 0.272. The van der Waals surface area contributed by atoms with Crippen molar-refractivity contribution in [3.05, 3.63) is 0 Å². The molecular formula is C8H14N6O6. The first-order chi connectivity index (χ1) is 9.40. The predicted octanol–water partition coefficient (Wildman–Crippen LogP) is -3.83. The average molecular weight is 290 g/mol. The third-order valence-electron chi connectivity index (χ3n) is 2.11. The van der Waals surface area contributed by atoms with Crippen LogP contribution in [0.4, 0.5) is 9.59 Å². The van der Waals surface area contributed by atoms with Gasteiger partial charge in [-0.1, -0.05) is 0 Å². The van der Waals surface area contributed by atoms with E-state index in [1.54, 1.807) is 0 Å². The molecule has 0 radical (unpaired) electrons. The molecule has 112 valence electrons. The number of rotatable bonds is 6. The van der Waals surface area contributed by atoms with Gasteiger partial charge in [0.05, 0.1) is 0 Å². The molecule has 0 aromatic carbocycles. The summed E-state index contributed by atoms with van der Waals surface area (Å²) in [5.74, 6) is -1.10. The summed E-state index contributed by atoms with van der Waals surface area (Å²) in [5.41, 5.74) is 13.1. The van der Waals surface area contributed by atoms with E-state index < -0.39 is 36.0 Å². The lowest BCUT2D eigenvalue weighted by atomic mass is 10.1. The summed E-state index contributed by atoms with van der Waals surface area (Å²) in [6.07, 6.45) is 0. The Labute approximate surface area is 112 Å². The second-order valence-corrected chi connectivity index (χ2v) is 3.68. The fraction of sp³-hybridized carbons (Fsp3) is 0.500. The number of carbonyl (C=O) groups excluding carboxylic acids is 4. The van der Waals surface area contributed by atoms with Gasteiger partial charge in [-0.2, -0.15) is 0 Å². The molecule has 0 aromatic rings. The maximum Gasteiger partial charge on any atom is 0.336 e. The third kappa shape index (κ3) is 4.95. The van der Waals surface area contributed by atoms with Crippen LogP contribution in [0.5, 0.6) is 0 Å². The molecular weight excluding hydrogens is 276 g/mol. The summed E-state index contributed by atoms with van der Waals surface area (Å²) < 4.78 is 0. The van der Waals surface area contributed by atoms with E-state index in [9.17, 15) is 19.2 Å². The minimum absolute atomic E-state index is 0.298. The van der Waals surface area contributed by atoms with Gasteiger partial charge in [0.2, 0.25) is 11.8 Å². The van der Waals surface area contributed by atoms with Crippen LogP contribution in [-0.2, 0) is 19.3 Å². The van der Waals surface area contributed by atoms with Crippen molar-refractivity contribution in [2.75, 3.05) is 13.2 Å². The van der Waals surface area contributed by atoms with Crippen LogP contribution < -0.4 is 33.1 Å². The standard InChI is InChI=1S/C8H14N6O6/c9-7(17)13-19-1-3-5(15)12-4(6(16)11-3)2-20-14-8(10)18/h3-4H,1-2H2,(H,11,16)(H,12,15)(H3,9,13,17)(H3,10,14,18)/t3-,4-/m1/s1. The monoisotopic (exact) mass is 290 g/mol. The molecule has 1 aliphatic rings. The smallest absolute Gasteiger partial charge is 0.336 e. The summed E-state index contributed by atoms with van der Waals surface area (Å²) in [5, 5.41) is 4.67. The lowest BCUT2D eigenvalue weighted by Gasteiger charge is -2.28. The Morgan fingerprint density at radius 2 is 1.30 bits per heavy atom. The second-order valence-electron chi connectivity index (χ2n) is 3.68. The molecule has 0 spiro atoms. The Morgan fingerprint density at radius 1 is 0.950 bits per heavy atom. The zero-order chi connectivity index (χ0) is 15.1. The van der Waals surface area contributed by atoms with Crippen molar-refractivity contribution < 1.29 is 28.9 Å². The zero-order valence-corrected chi connectivity index (χ0v) is 10.2. The van der Waals surface area contributed by atoms with Gasteiger partial charge in [0.15, 0.2) is 0 Å². The molecule has 0 aliphatic carbocycles. The highest BCUT2D eigenvalue weighted by molar-refractivity contribution is 5.97. The number of hydroxylamine groups is 2. The van der Waals surface area contributed by atoms with Gasteiger partial charge in [-0.3, -0.25) is 19.3 Å². The zero-order valence-electron chi connectivity index (χ0n) is 10.2. The molecule has 1 aliphatic heterocycles. The van der Waals surface area contributed by atoms with E-state index in [-0.39, 0.29) is 13.2 Å². The summed E-state index contributed by atoms with van der Waals surface area (Å²) in [6, 6.07) is -3.85. The molecule has 12 nitrogen and oxygen atoms in total. The highest BCUT2D eigenvalue weighted by Crippen LogP contribution is 1.98. The molecule has 1 rings (SSSR count). The van der Waals surface area contributed by atoms with Crippen molar-refractivity contribution in [1.29, 1.82) is 0 Å². The largest absolute Gasteiger partial charge is 0.350 e. The van der Waals surface area contributed by atoms with Crippen LogP contribution in [0.2, 0.25) is 0 Å². The number of piperazine rings is 1. The lowest BCUT2D eigenvalue weighted by Crippen LogP contribution is -2.64. The van der Waals surface area contributed by atoms with Crippen molar-refractivity contribution in [3.63, 3.8) is 0 Å². The number of carbonyl (C=O) groups is 4. The molecule has 1 heterocycles. The summed E-state index contributed by atoms with van der Waals surface area (Å²) in [6.45, 7) is -0.596. The van der Waals surface area contributed by atoms with E-state index >= 15 is 0 Å². The van der Waals surface area contributed by atoms with Crippen molar-refractivity contribution in [2.45, 2.75) is 12.1 Å². The van der Waals surface area contributed by atoms with Crippen molar-refractivity contribution >= 4 is 23.9 Å². The molecule has 0 aromatic heterocycles. The molecule has 2 atom stereocenters. The Bertz CT molecular complexity index is 376. The van der Waals surface area contributed by atoms with Crippen LogP contribution in [0.25, 0.3) is 0 Å². The topological polar surface area (TPSA) is 187 Å². The SMILES string of the molecule is NC(=O)NOC[C@H]1NC(=O)[C@@H](CONC(N)=O)NC1=O.